The molecule has 0 aromatic heterocycles. The summed E-state index contributed by atoms with van der Waals surface area (Å²) in [6.07, 6.45) is 3.90. The van der Waals surface area contributed by atoms with E-state index in [1.165, 1.54) is 7.05 Å². The number of nitrogens with one attached hydrogen (secondary N) is 3. The second-order valence-corrected chi connectivity index (χ2v) is 9.20. The van der Waals surface area contributed by atoms with Gasteiger partial charge in [-0.2, -0.15) is 0 Å². The molecule has 1 fully saturated rings. The first-order valence-corrected chi connectivity index (χ1v) is 10.9. The highest BCUT2D eigenvalue weighted by molar-refractivity contribution is 7.89. The summed E-state index contributed by atoms with van der Waals surface area (Å²) in [5.41, 5.74) is 0.558. The first kappa shape index (κ1) is 22.2. The molecule has 2 rings (SSSR count). The molecule has 0 aliphatic heterocycles. The number of carbonyl (C=O) groups is 1. The highest BCUT2D eigenvalue weighted by Crippen LogP contribution is 2.38. The van der Waals surface area contributed by atoms with E-state index in [2.05, 4.69) is 20.3 Å². The third-order valence-electron chi connectivity index (χ3n) is 5.20. The monoisotopic (exact) mass is 409 g/mol. The molecule has 3 N–H and O–H groups in total. The Hall–Kier alpha value is -2.13. The van der Waals surface area contributed by atoms with Crippen molar-refractivity contribution < 1.29 is 13.2 Å². The molecular weight excluding hydrogens is 378 g/mol. The Morgan fingerprint density at radius 1 is 1.14 bits per heavy atom. The van der Waals surface area contributed by atoms with Crippen LogP contribution in [0, 0.1) is 5.41 Å². The van der Waals surface area contributed by atoms with Crippen molar-refractivity contribution in [1.29, 1.82) is 0 Å². The van der Waals surface area contributed by atoms with Gasteiger partial charge in [0.1, 0.15) is 0 Å². The number of rotatable bonds is 7. The van der Waals surface area contributed by atoms with E-state index in [9.17, 15) is 13.2 Å². The lowest BCUT2D eigenvalue weighted by Crippen LogP contribution is -2.49. The Bertz CT molecular complexity index is 797. The van der Waals surface area contributed by atoms with E-state index >= 15 is 0 Å². The van der Waals surface area contributed by atoms with E-state index in [-0.39, 0.29) is 16.2 Å². The van der Waals surface area contributed by atoms with Gasteiger partial charge in [-0.1, -0.05) is 25.0 Å². The second kappa shape index (κ2) is 9.38. The summed E-state index contributed by atoms with van der Waals surface area (Å²) in [5.74, 6) is 0.777. The van der Waals surface area contributed by atoms with Crippen molar-refractivity contribution in [1.82, 2.24) is 20.3 Å². The topological polar surface area (TPSA) is 103 Å². The highest BCUT2D eigenvalue weighted by atomic mass is 32.2. The smallest absolute Gasteiger partial charge is 0.240 e. The average Bonchev–Trinajstić information content (AvgIpc) is 3.17. The van der Waals surface area contributed by atoms with Crippen LogP contribution in [0.5, 0.6) is 0 Å². The second-order valence-electron chi connectivity index (χ2n) is 7.32. The zero-order chi connectivity index (χ0) is 20.8. The molecule has 0 radical (unpaired) electrons. The molecule has 28 heavy (non-hydrogen) atoms. The zero-order valence-corrected chi connectivity index (χ0v) is 17.9. The van der Waals surface area contributed by atoms with E-state index in [4.69, 9.17) is 0 Å². The molecule has 8 nitrogen and oxygen atoms in total. The van der Waals surface area contributed by atoms with Crippen LogP contribution in [0.2, 0.25) is 0 Å². The fourth-order valence-corrected chi connectivity index (χ4v) is 4.29. The van der Waals surface area contributed by atoms with E-state index in [1.54, 1.807) is 50.3 Å². The Morgan fingerprint density at radius 3 is 2.25 bits per heavy atom. The van der Waals surface area contributed by atoms with Crippen LogP contribution in [-0.4, -0.2) is 59.9 Å². The molecule has 0 heterocycles. The quantitative estimate of drug-likeness (QED) is 0.459. The predicted molar refractivity (Wildman–Crippen MR) is 110 cm³/mol. The van der Waals surface area contributed by atoms with Gasteiger partial charge in [-0.25, -0.2) is 13.1 Å². The van der Waals surface area contributed by atoms with Crippen LogP contribution < -0.4 is 15.4 Å². The Labute approximate surface area is 167 Å². The molecule has 1 aromatic rings. The predicted octanol–water partition coefficient (Wildman–Crippen LogP) is 0.908. The van der Waals surface area contributed by atoms with Gasteiger partial charge < -0.3 is 15.5 Å². The Kier molecular flexibility index (Phi) is 7.42. The number of hydrogen-bond acceptors (Lipinski definition) is 4. The van der Waals surface area contributed by atoms with Gasteiger partial charge in [0.2, 0.25) is 15.9 Å². The number of benzene rings is 1. The molecule has 1 aromatic carbocycles. The first-order chi connectivity index (χ1) is 13.2. The summed E-state index contributed by atoms with van der Waals surface area (Å²) >= 11 is 0. The van der Waals surface area contributed by atoms with Crippen LogP contribution in [0.3, 0.4) is 0 Å². The lowest BCUT2D eigenvalue weighted by Gasteiger charge is -2.31. The number of carbonyl (C=O) groups excluding carboxylic acids is 1. The summed E-state index contributed by atoms with van der Waals surface area (Å²) in [4.78, 5) is 18.8. The van der Waals surface area contributed by atoms with Crippen molar-refractivity contribution >= 4 is 21.9 Å². The van der Waals surface area contributed by atoms with Gasteiger partial charge in [0.15, 0.2) is 5.96 Å². The van der Waals surface area contributed by atoms with E-state index < -0.39 is 10.0 Å². The van der Waals surface area contributed by atoms with Crippen molar-refractivity contribution in [2.45, 2.75) is 37.1 Å². The molecule has 0 saturated heterocycles. The molecule has 1 saturated carbocycles. The van der Waals surface area contributed by atoms with Crippen molar-refractivity contribution in [3.05, 3.63) is 29.8 Å². The molecule has 0 atom stereocenters. The van der Waals surface area contributed by atoms with Gasteiger partial charge in [-0.15, -0.1) is 0 Å². The van der Waals surface area contributed by atoms with Gasteiger partial charge in [-0.05, 0) is 37.6 Å². The van der Waals surface area contributed by atoms with Crippen LogP contribution in [0.25, 0.3) is 0 Å². The molecule has 0 unspecified atom stereocenters. The number of aliphatic imine (C=N–C) groups is 1. The maximum atomic E-state index is 12.7. The largest absolute Gasteiger partial charge is 0.355 e. The fraction of sp³-hybridized carbons (Fsp3) is 0.579. The van der Waals surface area contributed by atoms with Crippen LogP contribution >= 0.6 is 0 Å². The van der Waals surface area contributed by atoms with E-state index in [0.29, 0.717) is 19.0 Å². The van der Waals surface area contributed by atoms with E-state index in [0.717, 1.165) is 31.2 Å². The van der Waals surface area contributed by atoms with Crippen LogP contribution in [-0.2, 0) is 21.4 Å². The third-order valence-corrected chi connectivity index (χ3v) is 6.63. The molecule has 1 aliphatic rings. The first-order valence-electron chi connectivity index (χ1n) is 9.43. The Balaban J connectivity index is 1.95. The Morgan fingerprint density at radius 2 is 1.75 bits per heavy atom. The number of amides is 1. The molecule has 0 spiro atoms. The third kappa shape index (κ3) is 5.23. The zero-order valence-electron chi connectivity index (χ0n) is 17.1. The minimum absolute atomic E-state index is 0.161. The van der Waals surface area contributed by atoms with Gasteiger partial charge in [0, 0.05) is 34.2 Å². The minimum Gasteiger partial charge on any atom is -0.355 e. The number of sulfonamides is 1. The van der Waals surface area contributed by atoms with E-state index in [1.807, 2.05) is 0 Å². The summed E-state index contributed by atoms with van der Waals surface area (Å²) in [6.45, 7) is 1.04. The van der Waals surface area contributed by atoms with Gasteiger partial charge in [-0.3, -0.25) is 9.79 Å². The highest BCUT2D eigenvalue weighted by Gasteiger charge is 2.42. The van der Waals surface area contributed by atoms with Crippen LogP contribution in [0.4, 0.5) is 0 Å². The van der Waals surface area contributed by atoms with Gasteiger partial charge in [0.25, 0.3) is 0 Å². The SMILES string of the molecule is CN=C(NCc1ccc(S(=O)(=O)NC)cc1)NCC1(C(=O)N(C)C)CCCC1. The van der Waals surface area contributed by atoms with Gasteiger partial charge in [0.05, 0.1) is 10.3 Å². The summed E-state index contributed by atoms with van der Waals surface area (Å²) < 4.78 is 25.9. The van der Waals surface area contributed by atoms with Crippen molar-refractivity contribution in [3.63, 3.8) is 0 Å². The van der Waals surface area contributed by atoms with Crippen LogP contribution in [0.1, 0.15) is 31.2 Å². The summed E-state index contributed by atoms with van der Waals surface area (Å²) in [7, 11) is 3.24. The number of nitrogens with zero attached hydrogens (tertiary/aromatic N) is 2. The fourth-order valence-electron chi connectivity index (χ4n) is 3.56. The lowest BCUT2D eigenvalue weighted by molar-refractivity contribution is -0.138. The molecule has 1 amide bonds. The van der Waals surface area contributed by atoms with Gasteiger partial charge >= 0.3 is 0 Å². The maximum absolute atomic E-state index is 12.7. The minimum atomic E-state index is -3.43. The maximum Gasteiger partial charge on any atom is 0.240 e. The number of guanidine groups is 1. The van der Waals surface area contributed by atoms with Crippen molar-refractivity contribution in [2.75, 3.05) is 34.7 Å². The average molecular weight is 410 g/mol. The van der Waals surface area contributed by atoms with Crippen molar-refractivity contribution in [3.8, 4) is 0 Å². The molecule has 1 aliphatic carbocycles. The standard InChI is InChI=1S/C19H31N5O3S/c1-20-18(23-14-19(11-5-6-12-19)17(25)24(3)4)22-13-15-7-9-16(10-8-15)28(26,27)21-2/h7-10,21H,5-6,11-14H2,1-4H3,(H2,20,22,23). The molecule has 156 valence electrons. The number of hydrogen-bond donors (Lipinski definition) is 3. The normalized spacial score (nSPS) is 16.6. The summed E-state index contributed by atoms with van der Waals surface area (Å²) in [5, 5.41) is 6.50. The van der Waals surface area contributed by atoms with Crippen molar-refractivity contribution in [2.24, 2.45) is 10.4 Å². The van der Waals surface area contributed by atoms with Crippen LogP contribution in [0.15, 0.2) is 34.2 Å². The molecule has 9 heteroatoms. The molecule has 0 bridgehead atoms. The lowest BCUT2D eigenvalue weighted by atomic mass is 9.84. The molecular formula is C19H31N5O3S. The summed E-state index contributed by atoms with van der Waals surface area (Å²) in [6, 6.07) is 6.67.